The summed E-state index contributed by atoms with van der Waals surface area (Å²) in [5, 5.41) is 0. The maximum Gasteiger partial charge on any atom is 0.226 e. The fourth-order valence-electron chi connectivity index (χ4n) is 2.47. The lowest BCUT2D eigenvalue weighted by atomic mass is 9.87. The number of likely N-dealkylation sites (tertiary alicyclic amines) is 1. The molecule has 1 heterocycles. The molecule has 1 aromatic carbocycles. The first-order chi connectivity index (χ1) is 10.4. The van der Waals surface area contributed by atoms with Crippen LogP contribution in [0.25, 0.3) is 0 Å². The van der Waals surface area contributed by atoms with Crippen LogP contribution < -0.4 is 4.74 Å². The Bertz CT molecular complexity index is 536. The van der Waals surface area contributed by atoms with Crippen molar-refractivity contribution in [1.29, 1.82) is 0 Å². The zero-order valence-corrected chi connectivity index (χ0v) is 13.7. The van der Waals surface area contributed by atoms with Gasteiger partial charge in [-0.1, -0.05) is 32.9 Å². The first-order valence-corrected chi connectivity index (χ1v) is 7.89. The Kier molecular flexibility index (Phi) is 5.22. The molecule has 4 nitrogen and oxygen atoms in total. The summed E-state index contributed by atoms with van der Waals surface area (Å²) in [7, 11) is 0. The van der Waals surface area contributed by atoms with Crippen molar-refractivity contribution in [1.82, 2.24) is 4.90 Å². The Balaban J connectivity index is 1.81. The second-order valence-electron chi connectivity index (χ2n) is 6.80. The van der Waals surface area contributed by atoms with Crippen LogP contribution >= 0.6 is 0 Å². The Morgan fingerprint density at radius 1 is 1.23 bits per heavy atom. The van der Waals surface area contributed by atoms with Gasteiger partial charge in [-0.15, -0.1) is 0 Å². The minimum Gasteiger partial charge on any atom is -0.493 e. The van der Waals surface area contributed by atoms with E-state index in [2.05, 4.69) is 26.8 Å². The number of Topliss-reactive ketones (excluding diaryl/α,β-unsaturated/α-hetero) is 1. The zero-order valence-electron chi connectivity index (χ0n) is 13.7. The van der Waals surface area contributed by atoms with Crippen LogP contribution in [-0.2, 0) is 15.0 Å². The summed E-state index contributed by atoms with van der Waals surface area (Å²) < 4.78 is 5.71. The van der Waals surface area contributed by atoms with Gasteiger partial charge in [0.15, 0.2) is 0 Å². The number of benzene rings is 1. The highest BCUT2D eigenvalue weighted by molar-refractivity contribution is 5.83. The standard InChI is InChI=1S/C18H25NO3/c1-18(2,3)14-5-4-6-16(13-14)22-12-9-17(21)19-10-7-15(20)8-11-19/h4-6,13H,7-12H2,1-3H3. The van der Waals surface area contributed by atoms with Gasteiger partial charge in [0.05, 0.1) is 13.0 Å². The van der Waals surface area contributed by atoms with Gasteiger partial charge in [0.25, 0.3) is 0 Å². The maximum absolute atomic E-state index is 12.1. The first-order valence-electron chi connectivity index (χ1n) is 7.89. The van der Waals surface area contributed by atoms with Crippen molar-refractivity contribution in [2.24, 2.45) is 0 Å². The molecule has 0 atom stereocenters. The monoisotopic (exact) mass is 303 g/mol. The Hall–Kier alpha value is -1.84. The molecule has 0 N–H and O–H groups in total. The first kappa shape index (κ1) is 16.5. The molecule has 1 saturated heterocycles. The lowest BCUT2D eigenvalue weighted by Crippen LogP contribution is -2.39. The topological polar surface area (TPSA) is 46.6 Å². The molecule has 0 spiro atoms. The smallest absolute Gasteiger partial charge is 0.226 e. The van der Waals surface area contributed by atoms with Crippen LogP contribution in [0, 0.1) is 0 Å². The van der Waals surface area contributed by atoms with Crippen molar-refractivity contribution in [2.45, 2.75) is 45.4 Å². The summed E-state index contributed by atoms with van der Waals surface area (Å²) in [5.41, 5.74) is 1.29. The van der Waals surface area contributed by atoms with Gasteiger partial charge < -0.3 is 9.64 Å². The summed E-state index contributed by atoms with van der Waals surface area (Å²) in [6, 6.07) is 8.01. The predicted octanol–water partition coefficient (Wildman–Crippen LogP) is 2.94. The third-order valence-corrected chi connectivity index (χ3v) is 3.96. The highest BCUT2D eigenvalue weighted by Crippen LogP contribution is 2.25. The van der Waals surface area contributed by atoms with Crippen LogP contribution in [0.3, 0.4) is 0 Å². The number of hydrogen-bond acceptors (Lipinski definition) is 3. The molecular formula is C18H25NO3. The molecule has 1 fully saturated rings. The quantitative estimate of drug-likeness (QED) is 0.859. The molecule has 2 rings (SSSR count). The number of carbonyl (C=O) groups excluding carboxylic acids is 2. The van der Waals surface area contributed by atoms with Crippen molar-refractivity contribution < 1.29 is 14.3 Å². The molecule has 0 aromatic heterocycles. The van der Waals surface area contributed by atoms with Crippen molar-refractivity contribution >= 4 is 11.7 Å². The van der Waals surface area contributed by atoms with E-state index in [1.54, 1.807) is 4.90 Å². The molecule has 1 amide bonds. The van der Waals surface area contributed by atoms with E-state index >= 15 is 0 Å². The van der Waals surface area contributed by atoms with Gasteiger partial charge in [0.1, 0.15) is 11.5 Å². The molecule has 1 aliphatic heterocycles. The molecular weight excluding hydrogens is 278 g/mol. The van der Waals surface area contributed by atoms with E-state index in [1.807, 2.05) is 18.2 Å². The number of nitrogens with zero attached hydrogens (tertiary/aromatic N) is 1. The van der Waals surface area contributed by atoms with Crippen LogP contribution in [0.4, 0.5) is 0 Å². The fourth-order valence-corrected chi connectivity index (χ4v) is 2.47. The van der Waals surface area contributed by atoms with E-state index in [9.17, 15) is 9.59 Å². The summed E-state index contributed by atoms with van der Waals surface area (Å²) in [4.78, 5) is 25.0. The van der Waals surface area contributed by atoms with E-state index in [4.69, 9.17) is 4.74 Å². The van der Waals surface area contributed by atoms with Gasteiger partial charge in [-0.2, -0.15) is 0 Å². The largest absolute Gasteiger partial charge is 0.493 e. The van der Waals surface area contributed by atoms with Crippen molar-refractivity contribution in [3.05, 3.63) is 29.8 Å². The summed E-state index contributed by atoms with van der Waals surface area (Å²) >= 11 is 0. The van der Waals surface area contributed by atoms with E-state index in [-0.39, 0.29) is 17.1 Å². The highest BCUT2D eigenvalue weighted by Gasteiger charge is 2.20. The van der Waals surface area contributed by atoms with E-state index in [0.717, 1.165) is 5.75 Å². The molecule has 4 heteroatoms. The molecule has 120 valence electrons. The van der Waals surface area contributed by atoms with Gasteiger partial charge in [0.2, 0.25) is 5.91 Å². The number of hydrogen-bond donors (Lipinski definition) is 0. The Morgan fingerprint density at radius 3 is 2.55 bits per heavy atom. The normalized spacial score (nSPS) is 15.8. The van der Waals surface area contributed by atoms with Crippen molar-refractivity contribution in [3.63, 3.8) is 0 Å². The lowest BCUT2D eigenvalue weighted by Gasteiger charge is -2.26. The van der Waals surface area contributed by atoms with Crippen LogP contribution in [-0.4, -0.2) is 36.3 Å². The van der Waals surface area contributed by atoms with Crippen molar-refractivity contribution in [2.75, 3.05) is 19.7 Å². The number of rotatable bonds is 4. The average molecular weight is 303 g/mol. The molecule has 0 aliphatic carbocycles. The van der Waals surface area contributed by atoms with Crippen LogP contribution in [0.2, 0.25) is 0 Å². The minimum absolute atomic E-state index is 0.0690. The SMILES string of the molecule is CC(C)(C)c1cccc(OCCC(=O)N2CCC(=O)CC2)c1. The highest BCUT2D eigenvalue weighted by atomic mass is 16.5. The van der Waals surface area contributed by atoms with Gasteiger partial charge in [-0.05, 0) is 23.1 Å². The van der Waals surface area contributed by atoms with Crippen LogP contribution in [0.1, 0.15) is 45.6 Å². The predicted molar refractivity (Wildman–Crippen MR) is 86.1 cm³/mol. The third-order valence-electron chi connectivity index (χ3n) is 3.96. The molecule has 22 heavy (non-hydrogen) atoms. The second kappa shape index (κ2) is 6.95. The molecule has 0 saturated carbocycles. The van der Waals surface area contributed by atoms with Crippen LogP contribution in [0.15, 0.2) is 24.3 Å². The maximum atomic E-state index is 12.1. The molecule has 0 radical (unpaired) electrons. The number of piperidine rings is 1. The summed E-state index contributed by atoms with van der Waals surface area (Å²) in [5.74, 6) is 1.12. The number of carbonyl (C=O) groups is 2. The van der Waals surface area contributed by atoms with Crippen molar-refractivity contribution in [3.8, 4) is 5.75 Å². The number of amides is 1. The van der Waals surface area contributed by atoms with E-state index in [0.29, 0.717) is 39.0 Å². The lowest BCUT2D eigenvalue weighted by molar-refractivity contribution is -0.134. The van der Waals surface area contributed by atoms with Gasteiger partial charge in [0, 0.05) is 25.9 Å². The minimum atomic E-state index is 0.0690. The number of ketones is 1. The fraction of sp³-hybridized carbons (Fsp3) is 0.556. The molecule has 1 aromatic rings. The Morgan fingerprint density at radius 2 is 1.91 bits per heavy atom. The summed E-state index contributed by atoms with van der Waals surface area (Å²) in [6.07, 6.45) is 1.33. The van der Waals surface area contributed by atoms with E-state index < -0.39 is 0 Å². The van der Waals surface area contributed by atoms with E-state index in [1.165, 1.54) is 5.56 Å². The Labute approximate surface area is 132 Å². The summed E-state index contributed by atoms with van der Waals surface area (Å²) in [6.45, 7) is 7.96. The average Bonchev–Trinajstić information content (AvgIpc) is 2.47. The second-order valence-corrected chi connectivity index (χ2v) is 6.80. The van der Waals surface area contributed by atoms with Crippen LogP contribution in [0.5, 0.6) is 5.75 Å². The van der Waals surface area contributed by atoms with Gasteiger partial charge >= 0.3 is 0 Å². The van der Waals surface area contributed by atoms with Gasteiger partial charge in [-0.3, -0.25) is 9.59 Å². The van der Waals surface area contributed by atoms with Gasteiger partial charge in [-0.25, -0.2) is 0 Å². The third kappa shape index (κ3) is 4.58. The molecule has 0 unspecified atom stereocenters. The number of ether oxygens (including phenoxy) is 1. The molecule has 0 bridgehead atoms. The molecule has 1 aliphatic rings. The zero-order chi connectivity index (χ0) is 16.2.